The Hall–Kier alpha value is -2.16. The lowest BCUT2D eigenvalue weighted by Gasteiger charge is -2.15. The number of aromatic nitrogens is 1. The minimum absolute atomic E-state index is 0.0209. The molecule has 23 heavy (non-hydrogen) atoms. The van der Waals surface area contributed by atoms with Gasteiger partial charge in [-0.15, -0.1) is 0 Å². The first kappa shape index (κ1) is 15.7. The summed E-state index contributed by atoms with van der Waals surface area (Å²) in [7, 11) is 0. The van der Waals surface area contributed by atoms with Gasteiger partial charge in [-0.25, -0.2) is 13.6 Å². The van der Waals surface area contributed by atoms with Gasteiger partial charge < -0.3 is 20.3 Å². The largest absolute Gasteiger partial charge is 0.465 e. The molecule has 1 aromatic carbocycles. The molecule has 122 valence electrons. The fourth-order valence-electron chi connectivity index (χ4n) is 2.70. The quantitative estimate of drug-likeness (QED) is 0.692. The lowest BCUT2D eigenvalue weighted by Crippen LogP contribution is -2.37. The summed E-state index contributed by atoms with van der Waals surface area (Å²) in [6.07, 6.45) is -0.635. The number of rotatable bonds is 2. The minimum Gasteiger partial charge on any atom is -0.465 e. The Morgan fingerprint density at radius 2 is 2.09 bits per heavy atom. The van der Waals surface area contributed by atoms with Gasteiger partial charge in [-0.3, -0.25) is 4.79 Å². The standard InChI is InChI=1S/C14H12BrF2N3O3/c15-8-3-6-4-9(19-12(6)11(17)10(8)16)13(21)20-2-1-7(5-20)18-14(22)23/h3-4,7,18-19H,1-2,5H2,(H,22,23)/t7-/m1/s1. The summed E-state index contributed by atoms with van der Waals surface area (Å²) in [5, 5.41) is 11.4. The first-order valence-corrected chi connectivity index (χ1v) is 7.61. The van der Waals surface area contributed by atoms with Crippen molar-refractivity contribution in [1.29, 1.82) is 0 Å². The number of amides is 2. The van der Waals surface area contributed by atoms with Gasteiger partial charge in [0, 0.05) is 18.5 Å². The van der Waals surface area contributed by atoms with E-state index in [1.54, 1.807) is 0 Å². The monoisotopic (exact) mass is 387 g/mol. The molecule has 2 heterocycles. The van der Waals surface area contributed by atoms with Gasteiger partial charge in [0.15, 0.2) is 11.6 Å². The topological polar surface area (TPSA) is 85.4 Å². The average molecular weight is 388 g/mol. The van der Waals surface area contributed by atoms with E-state index in [2.05, 4.69) is 26.2 Å². The minimum atomic E-state index is -1.14. The van der Waals surface area contributed by atoms with E-state index in [1.165, 1.54) is 17.0 Å². The fourth-order valence-corrected chi connectivity index (χ4v) is 3.12. The third-order valence-electron chi connectivity index (χ3n) is 3.79. The highest BCUT2D eigenvalue weighted by Gasteiger charge is 2.29. The van der Waals surface area contributed by atoms with Crippen LogP contribution in [0.25, 0.3) is 10.9 Å². The second kappa shape index (κ2) is 5.80. The smallest absolute Gasteiger partial charge is 0.404 e. The molecule has 0 bridgehead atoms. The highest BCUT2D eigenvalue weighted by molar-refractivity contribution is 9.10. The number of fused-ring (bicyclic) bond motifs is 1. The second-order valence-electron chi connectivity index (χ2n) is 5.32. The molecule has 2 amide bonds. The van der Waals surface area contributed by atoms with E-state index in [1.807, 2.05) is 0 Å². The van der Waals surface area contributed by atoms with Crippen LogP contribution in [0.2, 0.25) is 0 Å². The van der Waals surface area contributed by atoms with Gasteiger partial charge in [0.1, 0.15) is 5.69 Å². The summed E-state index contributed by atoms with van der Waals surface area (Å²) in [6.45, 7) is 0.626. The van der Waals surface area contributed by atoms with Crippen molar-refractivity contribution in [3.05, 3.63) is 33.9 Å². The number of hydrogen-bond acceptors (Lipinski definition) is 2. The maximum absolute atomic E-state index is 13.9. The van der Waals surface area contributed by atoms with Crippen molar-refractivity contribution in [2.75, 3.05) is 13.1 Å². The lowest BCUT2D eigenvalue weighted by atomic mass is 10.2. The Kier molecular flexibility index (Phi) is 3.97. The molecule has 1 fully saturated rings. The molecule has 0 unspecified atom stereocenters. The summed E-state index contributed by atoms with van der Waals surface area (Å²) in [4.78, 5) is 27.1. The Labute approximate surface area is 137 Å². The highest BCUT2D eigenvalue weighted by atomic mass is 79.9. The van der Waals surface area contributed by atoms with E-state index in [0.717, 1.165) is 0 Å². The number of carboxylic acid groups (broad SMARTS) is 1. The molecule has 6 nitrogen and oxygen atoms in total. The molecule has 0 aliphatic carbocycles. The Balaban J connectivity index is 1.85. The molecule has 2 aromatic rings. The van der Waals surface area contributed by atoms with Gasteiger partial charge in [0.25, 0.3) is 5.91 Å². The first-order valence-electron chi connectivity index (χ1n) is 6.81. The van der Waals surface area contributed by atoms with Crippen molar-refractivity contribution in [1.82, 2.24) is 15.2 Å². The molecule has 0 radical (unpaired) electrons. The zero-order valence-electron chi connectivity index (χ0n) is 11.7. The Morgan fingerprint density at radius 3 is 2.78 bits per heavy atom. The number of hydrogen-bond donors (Lipinski definition) is 3. The maximum Gasteiger partial charge on any atom is 0.404 e. The van der Waals surface area contributed by atoms with E-state index in [0.29, 0.717) is 18.4 Å². The molecule has 3 N–H and O–H groups in total. The number of nitrogens with zero attached hydrogens (tertiary/aromatic N) is 1. The van der Waals surface area contributed by atoms with E-state index >= 15 is 0 Å². The van der Waals surface area contributed by atoms with Gasteiger partial charge in [-0.1, -0.05) is 0 Å². The summed E-state index contributed by atoms with van der Waals surface area (Å²) in [6, 6.07) is 2.51. The average Bonchev–Trinajstić information content (AvgIpc) is 3.10. The van der Waals surface area contributed by atoms with Gasteiger partial charge in [0.2, 0.25) is 0 Å². The normalized spacial score (nSPS) is 17.7. The van der Waals surface area contributed by atoms with E-state index in [4.69, 9.17) is 5.11 Å². The number of carbonyl (C=O) groups excluding carboxylic acids is 1. The van der Waals surface area contributed by atoms with Crippen LogP contribution in [0.15, 0.2) is 16.6 Å². The van der Waals surface area contributed by atoms with E-state index in [9.17, 15) is 18.4 Å². The van der Waals surface area contributed by atoms with Gasteiger partial charge in [-0.2, -0.15) is 0 Å². The van der Waals surface area contributed by atoms with Crippen LogP contribution in [-0.4, -0.2) is 46.1 Å². The first-order chi connectivity index (χ1) is 10.9. The van der Waals surface area contributed by atoms with Gasteiger partial charge in [-0.05, 0) is 34.5 Å². The predicted octanol–water partition coefficient (Wildman–Crippen LogP) is 2.69. The Bertz CT molecular complexity index is 808. The van der Waals surface area contributed by atoms with Crippen LogP contribution < -0.4 is 5.32 Å². The molecule has 9 heteroatoms. The molecule has 1 aliphatic rings. The van der Waals surface area contributed by atoms with Crippen LogP contribution in [0, 0.1) is 11.6 Å². The molecule has 1 aromatic heterocycles. The number of benzene rings is 1. The molecule has 3 rings (SSSR count). The maximum atomic E-state index is 13.9. The summed E-state index contributed by atoms with van der Waals surface area (Å²) < 4.78 is 27.4. The second-order valence-corrected chi connectivity index (χ2v) is 6.17. The predicted molar refractivity (Wildman–Crippen MR) is 81.4 cm³/mol. The summed E-state index contributed by atoms with van der Waals surface area (Å²) in [5.74, 6) is -2.46. The van der Waals surface area contributed by atoms with Crippen LogP contribution in [0.1, 0.15) is 16.9 Å². The molecular weight excluding hydrogens is 376 g/mol. The number of likely N-dealkylation sites (tertiary alicyclic amines) is 1. The van der Waals surface area contributed by atoms with E-state index in [-0.39, 0.29) is 34.2 Å². The lowest BCUT2D eigenvalue weighted by molar-refractivity contribution is 0.0783. The third kappa shape index (κ3) is 2.88. The van der Waals surface area contributed by atoms with E-state index < -0.39 is 17.7 Å². The molecular formula is C14H12BrF2N3O3. The third-order valence-corrected chi connectivity index (χ3v) is 4.36. The number of halogens is 3. The molecule has 1 atom stereocenters. The van der Waals surface area contributed by atoms with Crippen molar-refractivity contribution in [2.45, 2.75) is 12.5 Å². The van der Waals surface area contributed by atoms with Crippen LogP contribution in [0.4, 0.5) is 13.6 Å². The van der Waals surface area contributed by atoms with Crippen molar-refractivity contribution in [2.24, 2.45) is 0 Å². The van der Waals surface area contributed by atoms with Crippen LogP contribution >= 0.6 is 15.9 Å². The van der Waals surface area contributed by atoms with Crippen molar-refractivity contribution >= 4 is 38.8 Å². The molecule has 1 aliphatic heterocycles. The summed E-state index contributed by atoms with van der Waals surface area (Å²) in [5.41, 5.74) is 0.0563. The number of carbonyl (C=O) groups is 2. The Morgan fingerprint density at radius 1 is 1.35 bits per heavy atom. The van der Waals surface area contributed by atoms with Crippen LogP contribution in [0.3, 0.4) is 0 Å². The zero-order valence-corrected chi connectivity index (χ0v) is 13.3. The van der Waals surface area contributed by atoms with Crippen LogP contribution in [-0.2, 0) is 0 Å². The number of nitrogens with one attached hydrogen (secondary N) is 2. The zero-order chi connectivity index (χ0) is 16.7. The molecule has 1 saturated heterocycles. The number of aromatic amines is 1. The molecule has 0 saturated carbocycles. The highest BCUT2D eigenvalue weighted by Crippen LogP contribution is 2.28. The van der Waals surface area contributed by atoms with Crippen molar-refractivity contribution < 1.29 is 23.5 Å². The van der Waals surface area contributed by atoms with Gasteiger partial charge >= 0.3 is 6.09 Å². The SMILES string of the molecule is O=C(O)N[C@@H]1CCN(C(=O)c2cc3cc(Br)c(F)c(F)c3[nH]2)C1. The van der Waals surface area contributed by atoms with Crippen molar-refractivity contribution in [3.63, 3.8) is 0 Å². The van der Waals surface area contributed by atoms with Crippen molar-refractivity contribution in [3.8, 4) is 0 Å². The summed E-state index contributed by atoms with van der Waals surface area (Å²) >= 11 is 2.92. The number of H-pyrrole nitrogens is 1. The van der Waals surface area contributed by atoms with Gasteiger partial charge in [0.05, 0.1) is 16.0 Å². The fraction of sp³-hybridized carbons (Fsp3) is 0.286. The molecule has 0 spiro atoms. The van der Waals surface area contributed by atoms with Crippen LogP contribution in [0.5, 0.6) is 0 Å².